The van der Waals surface area contributed by atoms with Crippen LogP contribution in [0, 0.1) is 5.82 Å². The van der Waals surface area contributed by atoms with Crippen LogP contribution in [-0.4, -0.2) is 35.9 Å². The van der Waals surface area contributed by atoms with Gasteiger partial charge in [-0.2, -0.15) is 10.2 Å². The molecule has 0 fully saturated rings. The number of aliphatic hydroxyl groups is 1. The van der Waals surface area contributed by atoms with E-state index >= 15 is 0 Å². The molecule has 2 aromatic heterocycles. The average Bonchev–Trinajstić information content (AvgIpc) is 3.18. The van der Waals surface area contributed by atoms with Crippen molar-refractivity contribution in [1.29, 1.82) is 0 Å². The van der Waals surface area contributed by atoms with Crippen LogP contribution in [-0.2, 0) is 6.54 Å². The van der Waals surface area contributed by atoms with Crippen molar-refractivity contribution in [1.82, 2.24) is 25.0 Å². The molecule has 3 aromatic rings. The molecule has 0 aliphatic heterocycles. The van der Waals surface area contributed by atoms with E-state index in [1.165, 1.54) is 29.2 Å². The number of benzene rings is 1. The van der Waals surface area contributed by atoms with Crippen molar-refractivity contribution in [2.24, 2.45) is 0 Å². The van der Waals surface area contributed by atoms with Crippen LogP contribution in [0.15, 0.2) is 48.9 Å². The van der Waals surface area contributed by atoms with E-state index in [-0.39, 0.29) is 23.1 Å². The Kier molecular flexibility index (Phi) is 3.96. The first kappa shape index (κ1) is 14.6. The molecule has 116 valence electrons. The Morgan fingerprint density at radius 3 is 3.00 bits per heavy atom. The minimum atomic E-state index is -0.481. The number of hydrogen-bond acceptors (Lipinski definition) is 5. The van der Waals surface area contributed by atoms with Crippen LogP contribution in [0.4, 0.5) is 4.39 Å². The van der Waals surface area contributed by atoms with Gasteiger partial charge in [-0.1, -0.05) is 12.1 Å². The molecule has 0 saturated carbocycles. The van der Waals surface area contributed by atoms with Gasteiger partial charge in [0.1, 0.15) is 17.8 Å². The second-order valence-electron chi connectivity index (χ2n) is 4.75. The predicted molar refractivity (Wildman–Crippen MR) is 79.0 cm³/mol. The van der Waals surface area contributed by atoms with Crippen LogP contribution in [0.2, 0.25) is 0 Å². The molecule has 2 heterocycles. The molecular weight excluding hydrogens is 301 g/mol. The van der Waals surface area contributed by atoms with Crippen LogP contribution in [0.3, 0.4) is 0 Å². The molecular formula is C15H12FN5O2. The Morgan fingerprint density at radius 1 is 1.39 bits per heavy atom. The van der Waals surface area contributed by atoms with E-state index in [1.807, 2.05) is 0 Å². The van der Waals surface area contributed by atoms with Crippen molar-refractivity contribution >= 4 is 11.5 Å². The van der Waals surface area contributed by atoms with Gasteiger partial charge in [-0.05, 0) is 23.8 Å². The summed E-state index contributed by atoms with van der Waals surface area (Å²) in [5, 5.41) is 19.9. The Bertz CT molecular complexity index is 854. The highest BCUT2D eigenvalue weighted by Crippen LogP contribution is 2.09. The first-order chi connectivity index (χ1) is 11.1. The highest BCUT2D eigenvalue weighted by molar-refractivity contribution is 6.06. The number of carbonyl (C=O) groups is 1. The molecule has 0 radical (unpaired) electrons. The summed E-state index contributed by atoms with van der Waals surface area (Å²) < 4.78 is 14.7. The van der Waals surface area contributed by atoms with E-state index in [9.17, 15) is 14.3 Å². The highest BCUT2D eigenvalue weighted by Gasteiger charge is 2.11. The largest absolute Gasteiger partial charge is 0.504 e. The molecule has 23 heavy (non-hydrogen) atoms. The predicted octanol–water partition coefficient (Wildman–Crippen LogP) is 1.97. The van der Waals surface area contributed by atoms with Crippen molar-refractivity contribution in [3.8, 4) is 0 Å². The summed E-state index contributed by atoms with van der Waals surface area (Å²) >= 11 is 0. The number of ketones is 1. The minimum Gasteiger partial charge on any atom is -0.504 e. The van der Waals surface area contributed by atoms with Gasteiger partial charge in [-0.25, -0.2) is 9.37 Å². The molecule has 0 aliphatic rings. The van der Waals surface area contributed by atoms with E-state index in [0.717, 1.165) is 11.6 Å². The van der Waals surface area contributed by atoms with Gasteiger partial charge in [0.2, 0.25) is 11.6 Å². The topological polar surface area (TPSA) is 96.7 Å². The van der Waals surface area contributed by atoms with Crippen molar-refractivity contribution in [3.05, 3.63) is 71.8 Å². The standard InChI is InChI=1S/C15H12FN5O2/c16-11-3-1-2-10(6-11)8-21-5-4-12(20-21)13(22)7-14(23)15-17-9-18-19-15/h1-7,9,23H,8H2,(H,17,18,19). The number of aliphatic hydroxyl groups excluding tert-OH is 1. The summed E-state index contributed by atoms with van der Waals surface area (Å²) in [6, 6.07) is 7.65. The summed E-state index contributed by atoms with van der Waals surface area (Å²) in [5.41, 5.74) is 0.884. The Balaban J connectivity index is 1.74. The number of aromatic nitrogens is 5. The van der Waals surface area contributed by atoms with Crippen LogP contribution < -0.4 is 0 Å². The average molecular weight is 313 g/mol. The van der Waals surface area contributed by atoms with Crippen LogP contribution in [0.25, 0.3) is 5.76 Å². The molecule has 0 unspecified atom stereocenters. The van der Waals surface area contributed by atoms with Gasteiger partial charge >= 0.3 is 0 Å². The van der Waals surface area contributed by atoms with Crippen LogP contribution >= 0.6 is 0 Å². The molecule has 0 aliphatic carbocycles. The smallest absolute Gasteiger partial charge is 0.215 e. The number of aromatic amines is 1. The van der Waals surface area contributed by atoms with E-state index in [0.29, 0.717) is 6.54 Å². The van der Waals surface area contributed by atoms with Gasteiger partial charge in [0.05, 0.1) is 6.54 Å². The third-order valence-electron chi connectivity index (χ3n) is 3.04. The Hall–Kier alpha value is -3.29. The van der Waals surface area contributed by atoms with Crippen molar-refractivity contribution < 1.29 is 14.3 Å². The van der Waals surface area contributed by atoms with Gasteiger partial charge < -0.3 is 5.11 Å². The van der Waals surface area contributed by atoms with E-state index < -0.39 is 5.78 Å². The molecule has 0 spiro atoms. The van der Waals surface area contributed by atoms with E-state index in [2.05, 4.69) is 20.3 Å². The second kappa shape index (κ2) is 6.22. The highest BCUT2D eigenvalue weighted by atomic mass is 19.1. The fraction of sp³-hybridized carbons (Fsp3) is 0.0667. The molecule has 0 amide bonds. The maximum Gasteiger partial charge on any atom is 0.215 e. The fourth-order valence-corrected chi connectivity index (χ4v) is 2.00. The maximum atomic E-state index is 13.1. The Labute approximate surface area is 130 Å². The molecule has 2 N–H and O–H groups in total. The molecule has 8 heteroatoms. The number of carbonyl (C=O) groups excluding carboxylic acids is 1. The molecule has 0 saturated heterocycles. The number of nitrogens with one attached hydrogen (secondary N) is 1. The number of nitrogens with zero attached hydrogens (tertiary/aromatic N) is 4. The Morgan fingerprint density at radius 2 is 2.26 bits per heavy atom. The molecule has 3 rings (SSSR count). The van der Waals surface area contributed by atoms with Crippen LogP contribution in [0.5, 0.6) is 0 Å². The zero-order valence-electron chi connectivity index (χ0n) is 11.8. The van der Waals surface area contributed by atoms with Crippen molar-refractivity contribution in [2.45, 2.75) is 6.54 Å². The third-order valence-corrected chi connectivity index (χ3v) is 3.04. The number of allylic oxidation sites excluding steroid dienone is 1. The zero-order chi connectivity index (χ0) is 16.2. The summed E-state index contributed by atoms with van der Waals surface area (Å²) in [7, 11) is 0. The number of rotatable bonds is 5. The van der Waals surface area contributed by atoms with Crippen molar-refractivity contribution in [2.75, 3.05) is 0 Å². The summed E-state index contributed by atoms with van der Waals surface area (Å²) in [4.78, 5) is 15.8. The minimum absolute atomic E-state index is 0.0255. The van der Waals surface area contributed by atoms with Crippen LogP contribution in [0.1, 0.15) is 21.9 Å². The monoisotopic (exact) mass is 313 g/mol. The normalized spacial score (nSPS) is 11.6. The van der Waals surface area contributed by atoms with Gasteiger partial charge in [-0.15, -0.1) is 0 Å². The first-order valence-electron chi connectivity index (χ1n) is 6.71. The lowest BCUT2D eigenvalue weighted by molar-refractivity contribution is 0.104. The van der Waals surface area contributed by atoms with Gasteiger partial charge in [0, 0.05) is 12.3 Å². The third kappa shape index (κ3) is 3.49. The molecule has 7 nitrogen and oxygen atoms in total. The summed E-state index contributed by atoms with van der Waals surface area (Å²) in [6.07, 6.45) is 3.89. The number of H-pyrrole nitrogens is 1. The lowest BCUT2D eigenvalue weighted by atomic mass is 10.2. The van der Waals surface area contributed by atoms with Gasteiger partial charge in [0.15, 0.2) is 5.76 Å². The second-order valence-corrected chi connectivity index (χ2v) is 4.75. The maximum absolute atomic E-state index is 13.1. The zero-order valence-corrected chi connectivity index (χ0v) is 11.8. The molecule has 1 aromatic carbocycles. The van der Waals surface area contributed by atoms with E-state index in [1.54, 1.807) is 18.3 Å². The first-order valence-corrected chi connectivity index (χ1v) is 6.71. The number of halogens is 1. The molecule has 0 atom stereocenters. The summed E-state index contributed by atoms with van der Waals surface area (Å²) in [5.74, 6) is -1.14. The SMILES string of the molecule is O=C(C=C(O)c1nc[nH]n1)c1ccn(Cc2cccc(F)c2)n1. The number of hydrogen-bond donors (Lipinski definition) is 2. The van der Waals surface area contributed by atoms with Gasteiger partial charge in [0.25, 0.3) is 0 Å². The summed E-state index contributed by atoms with van der Waals surface area (Å²) in [6.45, 7) is 0.335. The van der Waals surface area contributed by atoms with Gasteiger partial charge in [-0.3, -0.25) is 14.6 Å². The molecule has 0 bridgehead atoms. The fourth-order valence-electron chi connectivity index (χ4n) is 2.00. The van der Waals surface area contributed by atoms with E-state index in [4.69, 9.17) is 0 Å². The quantitative estimate of drug-likeness (QED) is 0.426. The van der Waals surface area contributed by atoms with Crippen molar-refractivity contribution in [3.63, 3.8) is 0 Å². The lowest BCUT2D eigenvalue weighted by Gasteiger charge is -2.01. The lowest BCUT2D eigenvalue weighted by Crippen LogP contribution is -2.04.